The standard InChI is InChI=1S/C26H37ClN2O2/c1-25(2,3)16-18-9-12-23(19(14-18)17-26(4,5)6)31-13-7-8-24(30)29-20-10-11-21(27)22(28)15-20/h9-12,14-15H,7-8,13,16-17,28H2,1-6H3,(H,29,30). The number of hydrogen-bond donors (Lipinski definition) is 2. The van der Waals surface area contributed by atoms with Crippen molar-refractivity contribution < 1.29 is 9.53 Å². The monoisotopic (exact) mass is 444 g/mol. The van der Waals surface area contributed by atoms with Gasteiger partial charge >= 0.3 is 0 Å². The van der Waals surface area contributed by atoms with Crippen molar-refractivity contribution in [3.05, 3.63) is 52.5 Å². The highest BCUT2D eigenvalue weighted by molar-refractivity contribution is 6.33. The summed E-state index contributed by atoms with van der Waals surface area (Å²) in [5, 5.41) is 3.32. The molecule has 0 heterocycles. The Bertz CT molecular complexity index is 895. The fourth-order valence-electron chi connectivity index (χ4n) is 3.47. The zero-order chi connectivity index (χ0) is 23.2. The molecule has 0 aliphatic heterocycles. The minimum atomic E-state index is -0.0687. The summed E-state index contributed by atoms with van der Waals surface area (Å²) < 4.78 is 6.09. The van der Waals surface area contributed by atoms with Gasteiger partial charge in [0.15, 0.2) is 0 Å². The van der Waals surface area contributed by atoms with Crippen molar-refractivity contribution in [2.24, 2.45) is 10.8 Å². The third kappa shape index (κ3) is 9.22. The summed E-state index contributed by atoms with van der Waals surface area (Å²) >= 11 is 5.92. The quantitative estimate of drug-likeness (QED) is 0.344. The van der Waals surface area contributed by atoms with E-state index in [1.807, 2.05) is 0 Å². The summed E-state index contributed by atoms with van der Waals surface area (Å²) in [5.41, 5.74) is 9.85. The molecule has 0 radical (unpaired) electrons. The third-order valence-electron chi connectivity index (χ3n) is 4.67. The van der Waals surface area contributed by atoms with Crippen molar-refractivity contribution in [2.75, 3.05) is 17.7 Å². The van der Waals surface area contributed by atoms with Crippen LogP contribution in [0.25, 0.3) is 0 Å². The van der Waals surface area contributed by atoms with Crippen LogP contribution in [0.1, 0.15) is 65.5 Å². The lowest BCUT2D eigenvalue weighted by molar-refractivity contribution is -0.116. The molecular formula is C26H37ClN2O2. The van der Waals surface area contributed by atoms with Crippen molar-refractivity contribution >= 4 is 28.9 Å². The number of carbonyl (C=O) groups is 1. The summed E-state index contributed by atoms with van der Waals surface area (Å²) in [6.45, 7) is 14.0. The van der Waals surface area contributed by atoms with Gasteiger partial charge in [0.1, 0.15) is 5.75 Å². The zero-order valence-electron chi connectivity index (χ0n) is 19.8. The zero-order valence-corrected chi connectivity index (χ0v) is 20.5. The summed E-state index contributed by atoms with van der Waals surface area (Å²) in [7, 11) is 0. The first-order valence-corrected chi connectivity index (χ1v) is 11.3. The van der Waals surface area contributed by atoms with Crippen LogP contribution in [0.4, 0.5) is 11.4 Å². The molecule has 2 aromatic carbocycles. The maximum Gasteiger partial charge on any atom is 0.224 e. The Kier molecular flexibility index (Phi) is 8.41. The number of nitrogen functional groups attached to an aromatic ring is 1. The predicted molar refractivity (Wildman–Crippen MR) is 132 cm³/mol. The van der Waals surface area contributed by atoms with Gasteiger partial charge in [-0.3, -0.25) is 4.79 Å². The van der Waals surface area contributed by atoms with Crippen LogP contribution in [-0.2, 0) is 17.6 Å². The lowest BCUT2D eigenvalue weighted by Crippen LogP contribution is -2.14. The van der Waals surface area contributed by atoms with Crippen molar-refractivity contribution in [1.82, 2.24) is 0 Å². The van der Waals surface area contributed by atoms with Crippen LogP contribution in [0, 0.1) is 10.8 Å². The molecule has 170 valence electrons. The van der Waals surface area contributed by atoms with Gasteiger partial charge in [0, 0.05) is 12.1 Å². The minimum Gasteiger partial charge on any atom is -0.493 e. The van der Waals surface area contributed by atoms with Crippen molar-refractivity contribution in [3.63, 3.8) is 0 Å². The number of anilines is 2. The molecule has 0 aromatic heterocycles. The smallest absolute Gasteiger partial charge is 0.224 e. The number of benzene rings is 2. The normalized spacial score (nSPS) is 12.0. The fourth-order valence-corrected chi connectivity index (χ4v) is 3.58. The Labute approximate surface area is 192 Å². The molecule has 0 saturated carbocycles. The molecule has 0 aliphatic rings. The highest BCUT2D eigenvalue weighted by atomic mass is 35.5. The van der Waals surface area contributed by atoms with Gasteiger partial charge in [-0.05, 0) is 65.5 Å². The van der Waals surface area contributed by atoms with Gasteiger partial charge in [-0.2, -0.15) is 0 Å². The largest absolute Gasteiger partial charge is 0.493 e. The van der Waals surface area contributed by atoms with Gasteiger partial charge < -0.3 is 15.8 Å². The first-order chi connectivity index (χ1) is 14.3. The van der Waals surface area contributed by atoms with Crippen LogP contribution >= 0.6 is 11.6 Å². The summed E-state index contributed by atoms with van der Waals surface area (Å²) in [4.78, 5) is 12.2. The highest BCUT2D eigenvalue weighted by Gasteiger charge is 2.18. The van der Waals surface area contributed by atoms with Gasteiger partial charge in [-0.25, -0.2) is 0 Å². The second-order valence-electron chi connectivity index (χ2n) is 10.7. The highest BCUT2D eigenvalue weighted by Crippen LogP contribution is 2.31. The van der Waals surface area contributed by atoms with E-state index in [0.717, 1.165) is 18.6 Å². The maximum atomic E-state index is 12.2. The van der Waals surface area contributed by atoms with Crippen LogP contribution < -0.4 is 15.8 Å². The molecule has 0 unspecified atom stereocenters. The van der Waals surface area contributed by atoms with Gasteiger partial charge in [-0.1, -0.05) is 65.3 Å². The molecule has 0 atom stereocenters. The van der Waals surface area contributed by atoms with E-state index in [0.29, 0.717) is 35.8 Å². The topological polar surface area (TPSA) is 64.3 Å². The van der Waals surface area contributed by atoms with Crippen LogP contribution in [-0.4, -0.2) is 12.5 Å². The molecule has 2 rings (SSSR count). The van der Waals surface area contributed by atoms with E-state index < -0.39 is 0 Å². The van der Waals surface area contributed by atoms with Gasteiger partial charge in [0.25, 0.3) is 0 Å². The number of hydrogen-bond acceptors (Lipinski definition) is 3. The number of halogens is 1. The van der Waals surface area contributed by atoms with E-state index in [-0.39, 0.29) is 16.7 Å². The molecule has 31 heavy (non-hydrogen) atoms. The SMILES string of the molecule is CC(C)(C)Cc1ccc(OCCCC(=O)Nc2ccc(Cl)c(N)c2)c(CC(C)(C)C)c1. The Morgan fingerprint density at radius 2 is 1.68 bits per heavy atom. The van der Waals surface area contributed by atoms with Crippen LogP contribution in [0.3, 0.4) is 0 Å². The second kappa shape index (κ2) is 10.4. The number of carbonyl (C=O) groups excluding carboxylic acids is 1. The fraction of sp³-hybridized carbons (Fsp3) is 0.500. The minimum absolute atomic E-state index is 0.0687. The van der Waals surface area contributed by atoms with Crippen LogP contribution in [0.2, 0.25) is 5.02 Å². The first-order valence-electron chi connectivity index (χ1n) is 10.9. The van der Waals surface area contributed by atoms with Crippen LogP contribution in [0.5, 0.6) is 5.75 Å². The Hall–Kier alpha value is -2.20. The Morgan fingerprint density at radius 1 is 1.00 bits per heavy atom. The number of amides is 1. The van der Waals surface area contributed by atoms with E-state index in [1.165, 1.54) is 11.1 Å². The molecule has 1 amide bonds. The molecule has 3 N–H and O–H groups in total. The second-order valence-corrected chi connectivity index (χ2v) is 11.1. The van der Waals surface area contributed by atoms with Crippen molar-refractivity contribution in [3.8, 4) is 5.75 Å². The number of rotatable bonds is 8. The summed E-state index contributed by atoms with van der Waals surface area (Å²) in [6, 6.07) is 11.6. The molecular weight excluding hydrogens is 408 g/mol. The van der Waals surface area contributed by atoms with Crippen molar-refractivity contribution in [2.45, 2.75) is 67.2 Å². The molecule has 0 bridgehead atoms. The summed E-state index contributed by atoms with van der Waals surface area (Å²) in [6.07, 6.45) is 2.98. The van der Waals surface area contributed by atoms with Gasteiger partial charge in [-0.15, -0.1) is 0 Å². The maximum absolute atomic E-state index is 12.2. The van der Waals surface area contributed by atoms with Gasteiger partial charge in [0.2, 0.25) is 5.91 Å². The molecule has 5 heteroatoms. The molecule has 4 nitrogen and oxygen atoms in total. The van der Waals surface area contributed by atoms with Crippen molar-refractivity contribution in [1.29, 1.82) is 0 Å². The summed E-state index contributed by atoms with van der Waals surface area (Å²) in [5.74, 6) is 0.847. The first kappa shape index (κ1) is 25.1. The van der Waals surface area contributed by atoms with E-state index in [9.17, 15) is 4.79 Å². The third-order valence-corrected chi connectivity index (χ3v) is 5.01. The average molecular weight is 445 g/mol. The number of nitrogens with one attached hydrogen (secondary N) is 1. The predicted octanol–water partition coefficient (Wildman–Crippen LogP) is 6.90. The lowest BCUT2D eigenvalue weighted by atomic mass is 9.84. The molecule has 2 aromatic rings. The van der Waals surface area contributed by atoms with E-state index in [4.69, 9.17) is 22.1 Å². The molecule has 0 saturated heterocycles. The molecule has 0 spiro atoms. The Morgan fingerprint density at radius 3 is 2.29 bits per heavy atom. The Balaban J connectivity index is 1.93. The van der Waals surface area contributed by atoms with Crippen LogP contribution in [0.15, 0.2) is 36.4 Å². The molecule has 0 fully saturated rings. The average Bonchev–Trinajstić information content (AvgIpc) is 2.60. The van der Waals surface area contributed by atoms with Gasteiger partial charge in [0.05, 0.1) is 17.3 Å². The van der Waals surface area contributed by atoms with E-state index in [1.54, 1.807) is 18.2 Å². The number of ether oxygens (including phenoxy) is 1. The lowest BCUT2D eigenvalue weighted by Gasteiger charge is -2.23. The molecule has 0 aliphatic carbocycles. The number of nitrogens with two attached hydrogens (primary N) is 1. The van der Waals surface area contributed by atoms with E-state index >= 15 is 0 Å². The van der Waals surface area contributed by atoms with E-state index in [2.05, 4.69) is 65.1 Å².